The molecule has 6 heteroatoms. The molecule has 0 saturated carbocycles. The maximum atomic E-state index is 10.7. The van der Waals surface area contributed by atoms with E-state index in [9.17, 15) is 4.79 Å². The van der Waals surface area contributed by atoms with Gasteiger partial charge in [0, 0.05) is 13.2 Å². The molecule has 0 aromatic carbocycles. The van der Waals surface area contributed by atoms with Gasteiger partial charge in [-0.05, 0) is 19.3 Å². The molecule has 0 bridgehead atoms. The Morgan fingerprint density at radius 1 is 1.59 bits per heavy atom. The number of carbonyl (C=O) groups is 1. The first kappa shape index (κ1) is 11.8. The van der Waals surface area contributed by atoms with Crippen LogP contribution in [0.3, 0.4) is 0 Å². The zero-order valence-electron chi connectivity index (χ0n) is 9.43. The number of hydrogen-bond acceptors (Lipinski definition) is 5. The van der Waals surface area contributed by atoms with Crippen LogP contribution in [0.1, 0.15) is 29.8 Å². The summed E-state index contributed by atoms with van der Waals surface area (Å²) in [5.41, 5.74) is -0.0490. The Hall–Kier alpha value is -1.69. The lowest BCUT2D eigenvalue weighted by atomic mass is 10.2. The van der Waals surface area contributed by atoms with Crippen molar-refractivity contribution >= 4 is 11.8 Å². The zero-order valence-corrected chi connectivity index (χ0v) is 9.43. The SMILES string of the molecule is O=C(O)c1cncc(NCCC2CCCO2)n1. The molecule has 1 atom stereocenters. The van der Waals surface area contributed by atoms with Gasteiger partial charge in [-0.1, -0.05) is 0 Å². The van der Waals surface area contributed by atoms with Gasteiger partial charge in [0.1, 0.15) is 5.82 Å². The van der Waals surface area contributed by atoms with Crippen molar-refractivity contribution in [3.63, 3.8) is 0 Å². The van der Waals surface area contributed by atoms with Crippen molar-refractivity contribution in [2.24, 2.45) is 0 Å². The van der Waals surface area contributed by atoms with Crippen LogP contribution in [0, 0.1) is 0 Å². The van der Waals surface area contributed by atoms with Gasteiger partial charge < -0.3 is 15.2 Å². The summed E-state index contributed by atoms with van der Waals surface area (Å²) < 4.78 is 5.48. The fraction of sp³-hybridized carbons (Fsp3) is 0.545. The number of anilines is 1. The molecular formula is C11H15N3O3. The third-order valence-electron chi connectivity index (χ3n) is 2.65. The summed E-state index contributed by atoms with van der Waals surface area (Å²) in [6.07, 6.45) is 6.19. The number of nitrogens with zero attached hydrogens (tertiary/aromatic N) is 2. The van der Waals surface area contributed by atoms with Crippen molar-refractivity contribution in [3.8, 4) is 0 Å². The first-order chi connectivity index (χ1) is 8.25. The van der Waals surface area contributed by atoms with Crippen molar-refractivity contribution in [2.75, 3.05) is 18.5 Å². The highest BCUT2D eigenvalue weighted by Gasteiger charge is 2.14. The van der Waals surface area contributed by atoms with Gasteiger partial charge in [0.15, 0.2) is 5.69 Å². The van der Waals surface area contributed by atoms with Crippen LogP contribution in [0.4, 0.5) is 5.82 Å². The minimum Gasteiger partial charge on any atom is -0.476 e. The summed E-state index contributed by atoms with van der Waals surface area (Å²) in [5.74, 6) is -0.580. The number of hydrogen-bond donors (Lipinski definition) is 2. The molecule has 2 N–H and O–H groups in total. The fourth-order valence-electron chi connectivity index (χ4n) is 1.79. The Balaban J connectivity index is 1.81. The first-order valence-corrected chi connectivity index (χ1v) is 5.66. The monoisotopic (exact) mass is 237 g/mol. The van der Waals surface area contributed by atoms with Crippen molar-refractivity contribution in [3.05, 3.63) is 18.1 Å². The fourth-order valence-corrected chi connectivity index (χ4v) is 1.79. The average molecular weight is 237 g/mol. The Morgan fingerprint density at radius 3 is 3.18 bits per heavy atom. The lowest BCUT2D eigenvalue weighted by molar-refractivity contribution is 0.0690. The second-order valence-corrected chi connectivity index (χ2v) is 3.95. The molecule has 0 aliphatic carbocycles. The van der Waals surface area contributed by atoms with Gasteiger partial charge in [0.2, 0.25) is 0 Å². The highest BCUT2D eigenvalue weighted by Crippen LogP contribution is 2.15. The van der Waals surface area contributed by atoms with Crippen LogP contribution in [-0.2, 0) is 4.74 Å². The van der Waals surface area contributed by atoms with E-state index >= 15 is 0 Å². The minimum atomic E-state index is -1.07. The molecule has 1 saturated heterocycles. The van der Waals surface area contributed by atoms with Gasteiger partial charge in [0.25, 0.3) is 0 Å². The third-order valence-corrected chi connectivity index (χ3v) is 2.65. The lowest BCUT2D eigenvalue weighted by Gasteiger charge is -2.10. The quantitative estimate of drug-likeness (QED) is 0.799. The Bertz CT molecular complexity index is 391. The number of ether oxygens (including phenoxy) is 1. The summed E-state index contributed by atoms with van der Waals surface area (Å²) in [5, 5.41) is 11.8. The Kier molecular flexibility index (Phi) is 3.87. The van der Waals surface area contributed by atoms with Crippen LogP contribution >= 0.6 is 0 Å². The summed E-state index contributed by atoms with van der Waals surface area (Å²) in [6.45, 7) is 1.56. The van der Waals surface area contributed by atoms with Crippen LogP contribution in [0.15, 0.2) is 12.4 Å². The van der Waals surface area contributed by atoms with Gasteiger partial charge in [-0.2, -0.15) is 0 Å². The summed E-state index contributed by atoms with van der Waals surface area (Å²) in [7, 11) is 0. The Labute approximate surface area is 99.0 Å². The molecule has 6 nitrogen and oxygen atoms in total. The lowest BCUT2D eigenvalue weighted by Crippen LogP contribution is -2.14. The van der Waals surface area contributed by atoms with E-state index in [-0.39, 0.29) is 5.69 Å². The normalized spacial score (nSPS) is 19.2. The van der Waals surface area contributed by atoms with Crippen molar-refractivity contribution in [2.45, 2.75) is 25.4 Å². The van der Waals surface area contributed by atoms with Gasteiger partial charge in [-0.25, -0.2) is 9.78 Å². The van der Waals surface area contributed by atoms with Gasteiger partial charge >= 0.3 is 5.97 Å². The van der Waals surface area contributed by atoms with Crippen LogP contribution < -0.4 is 5.32 Å². The van der Waals surface area contributed by atoms with Crippen LogP contribution in [-0.4, -0.2) is 40.3 Å². The largest absolute Gasteiger partial charge is 0.476 e. The molecule has 1 aliphatic heterocycles. The topological polar surface area (TPSA) is 84.3 Å². The van der Waals surface area contributed by atoms with E-state index in [1.165, 1.54) is 12.4 Å². The maximum absolute atomic E-state index is 10.7. The van der Waals surface area contributed by atoms with Crippen molar-refractivity contribution in [1.82, 2.24) is 9.97 Å². The molecule has 1 aromatic rings. The number of rotatable bonds is 5. The molecule has 92 valence electrons. The van der Waals surface area contributed by atoms with Crippen LogP contribution in [0.2, 0.25) is 0 Å². The number of carboxylic acids is 1. The van der Waals surface area contributed by atoms with Crippen LogP contribution in [0.25, 0.3) is 0 Å². The van der Waals surface area contributed by atoms with Gasteiger partial charge in [-0.3, -0.25) is 4.98 Å². The van der Waals surface area contributed by atoms with E-state index in [2.05, 4.69) is 15.3 Å². The van der Waals surface area contributed by atoms with Gasteiger partial charge in [0.05, 0.1) is 18.5 Å². The maximum Gasteiger partial charge on any atom is 0.356 e. The molecule has 2 heterocycles. The summed E-state index contributed by atoms with van der Waals surface area (Å²) in [4.78, 5) is 18.4. The second kappa shape index (κ2) is 5.58. The number of aromatic nitrogens is 2. The predicted molar refractivity (Wildman–Crippen MR) is 61.1 cm³/mol. The predicted octanol–water partition coefficient (Wildman–Crippen LogP) is 1.16. The molecular weight excluding hydrogens is 222 g/mol. The van der Waals surface area contributed by atoms with E-state index in [0.717, 1.165) is 25.9 Å². The van der Waals surface area contributed by atoms with Crippen LogP contribution in [0.5, 0.6) is 0 Å². The molecule has 0 radical (unpaired) electrons. The molecule has 1 aromatic heterocycles. The highest BCUT2D eigenvalue weighted by molar-refractivity contribution is 5.85. The summed E-state index contributed by atoms with van der Waals surface area (Å²) >= 11 is 0. The smallest absolute Gasteiger partial charge is 0.356 e. The number of carboxylic acid groups (broad SMARTS) is 1. The first-order valence-electron chi connectivity index (χ1n) is 5.66. The standard InChI is InChI=1S/C11H15N3O3/c15-11(16)9-6-12-7-10(14-9)13-4-3-8-2-1-5-17-8/h6-8H,1-5H2,(H,13,14)(H,15,16). The zero-order chi connectivity index (χ0) is 12.1. The molecule has 17 heavy (non-hydrogen) atoms. The molecule has 1 fully saturated rings. The van der Waals surface area contributed by atoms with E-state index in [4.69, 9.17) is 9.84 Å². The second-order valence-electron chi connectivity index (χ2n) is 3.95. The third kappa shape index (κ3) is 3.39. The van der Waals surface area contributed by atoms with Crippen molar-refractivity contribution in [1.29, 1.82) is 0 Å². The minimum absolute atomic E-state index is 0.0490. The van der Waals surface area contributed by atoms with Crippen molar-refractivity contribution < 1.29 is 14.6 Å². The molecule has 1 aliphatic rings. The highest BCUT2D eigenvalue weighted by atomic mass is 16.5. The molecule has 0 amide bonds. The van der Waals surface area contributed by atoms with E-state index in [1.54, 1.807) is 0 Å². The van der Waals surface area contributed by atoms with E-state index in [0.29, 0.717) is 18.5 Å². The van der Waals surface area contributed by atoms with Gasteiger partial charge in [-0.15, -0.1) is 0 Å². The van der Waals surface area contributed by atoms with E-state index in [1.807, 2.05) is 0 Å². The summed E-state index contributed by atoms with van der Waals surface area (Å²) in [6, 6.07) is 0. The molecule has 2 rings (SSSR count). The number of aromatic carboxylic acids is 1. The average Bonchev–Trinajstić information content (AvgIpc) is 2.82. The number of nitrogens with one attached hydrogen (secondary N) is 1. The Morgan fingerprint density at radius 2 is 2.47 bits per heavy atom. The van der Waals surface area contributed by atoms with E-state index < -0.39 is 5.97 Å². The molecule has 1 unspecified atom stereocenters. The molecule has 0 spiro atoms.